The van der Waals surface area contributed by atoms with Crippen LogP contribution in [0.1, 0.15) is 27.6 Å². The summed E-state index contributed by atoms with van der Waals surface area (Å²) in [6, 6.07) is 10.7. The number of hydrogen-bond donors (Lipinski definition) is 2. The molecule has 0 saturated heterocycles. The maximum atomic E-state index is 12.0. The minimum Gasteiger partial charge on any atom is -0.507 e. The summed E-state index contributed by atoms with van der Waals surface area (Å²) < 4.78 is 0. The fourth-order valence-corrected chi connectivity index (χ4v) is 1.85. The summed E-state index contributed by atoms with van der Waals surface area (Å²) in [7, 11) is 0. The Morgan fingerprint density at radius 1 is 1.10 bits per heavy atom. The largest absolute Gasteiger partial charge is 0.507 e. The summed E-state index contributed by atoms with van der Waals surface area (Å²) in [5.74, 6) is -0.664. The van der Waals surface area contributed by atoms with Gasteiger partial charge >= 0.3 is 0 Å². The number of ketones is 1. The van der Waals surface area contributed by atoms with E-state index in [9.17, 15) is 14.7 Å². The average Bonchev–Trinajstić information content (AvgIpc) is 2.42. The molecule has 0 aliphatic rings. The Balaban J connectivity index is 2.19. The van der Waals surface area contributed by atoms with E-state index in [-0.39, 0.29) is 17.1 Å². The number of benzene rings is 2. The summed E-state index contributed by atoms with van der Waals surface area (Å²) in [5, 5.41) is 12.6. The Morgan fingerprint density at radius 3 is 2.35 bits per heavy atom. The summed E-state index contributed by atoms with van der Waals surface area (Å²) in [6.45, 7) is 1.47. The van der Waals surface area contributed by atoms with Crippen molar-refractivity contribution in [3.05, 3.63) is 58.6 Å². The minimum atomic E-state index is -0.472. The van der Waals surface area contributed by atoms with E-state index in [1.165, 1.54) is 25.1 Å². The molecule has 0 bridgehead atoms. The normalized spacial score (nSPS) is 10.1. The Bertz CT molecular complexity index is 665. The van der Waals surface area contributed by atoms with Gasteiger partial charge in [0.1, 0.15) is 5.75 Å². The molecule has 0 fully saturated rings. The zero-order valence-electron chi connectivity index (χ0n) is 10.7. The maximum absolute atomic E-state index is 12.0. The van der Waals surface area contributed by atoms with Crippen LogP contribution in [-0.2, 0) is 0 Å². The molecule has 0 heterocycles. The number of carbonyl (C=O) groups excluding carboxylic acids is 2. The van der Waals surface area contributed by atoms with E-state index < -0.39 is 5.91 Å². The molecule has 0 radical (unpaired) electrons. The Hall–Kier alpha value is -2.33. The monoisotopic (exact) mass is 289 g/mol. The van der Waals surface area contributed by atoms with Gasteiger partial charge in [-0.1, -0.05) is 11.6 Å². The average molecular weight is 290 g/mol. The van der Waals surface area contributed by atoms with Crippen LogP contribution in [0.25, 0.3) is 0 Å². The number of amides is 1. The summed E-state index contributed by atoms with van der Waals surface area (Å²) in [6.07, 6.45) is 0. The highest BCUT2D eigenvalue weighted by Gasteiger charge is 2.12. The van der Waals surface area contributed by atoms with Crippen LogP contribution >= 0.6 is 11.6 Å². The van der Waals surface area contributed by atoms with E-state index in [0.29, 0.717) is 16.3 Å². The molecule has 2 aromatic carbocycles. The lowest BCUT2D eigenvalue weighted by molar-refractivity contribution is 0.101. The quantitative estimate of drug-likeness (QED) is 0.850. The van der Waals surface area contributed by atoms with Crippen LogP contribution in [0, 0.1) is 0 Å². The van der Waals surface area contributed by atoms with Gasteiger partial charge in [0.25, 0.3) is 5.91 Å². The number of hydrogen-bond acceptors (Lipinski definition) is 3. The number of Topliss-reactive ketones (excluding diaryl/α,β-unsaturated/α-hetero) is 1. The van der Waals surface area contributed by atoms with Gasteiger partial charge in [-0.2, -0.15) is 0 Å². The Kier molecular flexibility index (Phi) is 4.05. The van der Waals surface area contributed by atoms with E-state index in [1.807, 2.05) is 0 Å². The van der Waals surface area contributed by atoms with Gasteiger partial charge in [-0.15, -0.1) is 0 Å². The minimum absolute atomic E-state index is 0.0460. The lowest BCUT2D eigenvalue weighted by Gasteiger charge is -2.07. The zero-order chi connectivity index (χ0) is 14.7. The number of halogens is 1. The number of rotatable bonds is 3. The lowest BCUT2D eigenvalue weighted by Crippen LogP contribution is -2.12. The van der Waals surface area contributed by atoms with Crippen molar-refractivity contribution in [2.45, 2.75) is 6.92 Å². The Labute approximate surface area is 121 Å². The van der Waals surface area contributed by atoms with Gasteiger partial charge in [0.05, 0.1) is 5.56 Å². The van der Waals surface area contributed by atoms with Crippen molar-refractivity contribution in [3.63, 3.8) is 0 Å². The molecule has 5 heteroatoms. The van der Waals surface area contributed by atoms with Crippen molar-refractivity contribution in [2.75, 3.05) is 5.32 Å². The van der Waals surface area contributed by atoms with Gasteiger partial charge in [0.15, 0.2) is 5.78 Å². The van der Waals surface area contributed by atoms with Crippen LogP contribution < -0.4 is 5.32 Å². The third-order valence-corrected chi connectivity index (χ3v) is 2.99. The molecule has 0 unspecified atom stereocenters. The number of phenols is 1. The second-order valence-corrected chi connectivity index (χ2v) is 4.69. The molecule has 0 spiro atoms. The predicted molar refractivity (Wildman–Crippen MR) is 77.5 cm³/mol. The second-order valence-electron chi connectivity index (χ2n) is 4.25. The second kappa shape index (κ2) is 5.75. The number of anilines is 1. The van der Waals surface area contributed by atoms with Crippen molar-refractivity contribution < 1.29 is 14.7 Å². The summed E-state index contributed by atoms with van der Waals surface area (Å²) >= 11 is 5.79. The highest BCUT2D eigenvalue weighted by molar-refractivity contribution is 6.31. The summed E-state index contributed by atoms with van der Waals surface area (Å²) in [5.41, 5.74) is 1.18. The third kappa shape index (κ3) is 3.16. The predicted octanol–water partition coefficient (Wildman–Crippen LogP) is 3.50. The van der Waals surface area contributed by atoms with E-state index in [1.54, 1.807) is 24.3 Å². The SMILES string of the molecule is CC(=O)c1ccc(NC(=O)c2cc(Cl)ccc2O)cc1. The first-order valence-electron chi connectivity index (χ1n) is 5.88. The topological polar surface area (TPSA) is 66.4 Å². The molecular formula is C15H12ClNO3. The highest BCUT2D eigenvalue weighted by Crippen LogP contribution is 2.22. The molecule has 102 valence electrons. The number of phenolic OH excluding ortho intramolecular Hbond substituents is 1. The molecule has 1 amide bonds. The van der Waals surface area contributed by atoms with Crippen molar-refractivity contribution in [3.8, 4) is 5.75 Å². The van der Waals surface area contributed by atoms with E-state index >= 15 is 0 Å². The molecule has 2 rings (SSSR count). The molecule has 2 N–H and O–H groups in total. The molecule has 0 aromatic heterocycles. The van der Waals surface area contributed by atoms with Gasteiger partial charge in [-0.25, -0.2) is 0 Å². The van der Waals surface area contributed by atoms with Crippen LogP contribution in [0.2, 0.25) is 5.02 Å². The standard InChI is InChI=1S/C15H12ClNO3/c1-9(18)10-2-5-12(6-3-10)17-15(20)13-8-11(16)4-7-14(13)19/h2-8,19H,1H3,(H,17,20). The first kappa shape index (κ1) is 14.1. The van der Waals surface area contributed by atoms with Gasteiger partial charge < -0.3 is 10.4 Å². The van der Waals surface area contributed by atoms with Crippen LogP contribution in [0.4, 0.5) is 5.69 Å². The van der Waals surface area contributed by atoms with Gasteiger partial charge in [-0.05, 0) is 49.4 Å². The van der Waals surface area contributed by atoms with Crippen molar-refractivity contribution in [1.82, 2.24) is 0 Å². The zero-order valence-corrected chi connectivity index (χ0v) is 11.4. The molecule has 0 aliphatic carbocycles. The maximum Gasteiger partial charge on any atom is 0.259 e. The molecule has 20 heavy (non-hydrogen) atoms. The number of nitrogens with one attached hydrogen (secondary N) is 1. The first-order valence-corrected chi connectivity index (χ1v) is 6.26. The summed E-state index contributed by atoms with van der Waals surface area (Å²) in [4.78, 5) is 23.2. The van der Waals surface area contributed by atoms with Crippen molar-refractivity contribution >= 4 is 29.0 Å². The number of aromatic hydroxyl groups is 1. The van der Waals surface area contributed by atoms with Gasteiger partial charge in [-0.3, -0.25) is 9.59 Å². The molecule has 0 aliphatic heterocycles. The third-order valence-electron chi connectivity index (χ3n) is 2.75. The van der Waals surface area contributed by atoms with Gasteiger partial charge in [0.2, 0.25) is 0 Å². The van der Waals surface area contributed by atoms with Crippen LogP contribution in [-0.4, -0.2) is 16.8 Å². The van der Waals surface area contributed by atoms with Gasteiger partial charge in [0, 0.05) is 16.3 Å². The molecule has 4 nitrogen and oxygen atoms in total. The smallest absolute Gasteiger partial charge is 0.259 e. The fraction of sp³-hybridized carbons (Fsp3) is 0.0667. The Morgan fingerprint density at radius 2 is 1.75 bits per heavy atom. The van der Waals surface area contributed by atoms with Crippen LogP contribution in [0.15, 0.2) is 42.5 Å². The highest BCUT2D eigenvalue weighted by atomic mass is 35.5. The molecule has 0 saturated carbocycles. The van der Waals surface area contributed by atoms with E-state index in [2.05, 4.69) is 5.32 Å². The molecule has 0 atom stereocenters. The molecular weight excluding hydrogens is 278 g/mol. The number of carbonyl (C=O) groups is 2. The van der Waals surface area contributed by atoms with Crippen LogP contribution in [0.5, 0.6) is 5.75 Å². The van der Waals surface area contributed by atoms with Crippen LogP contribution in [0.3, 0.4) is 0 Å². The van der Waals surface area contributed by atoms with Crippen molar-refractivity contribution in [1.29, 1.82) is 0 Å². The fourth-order valence-electron chi connectivity index (χ4n) is 1.68. The first-order chi connectivity index (χ1) is 9.47. The van der Waals surface area contributed by atoms with E-state index in [0.717, 1.165) is 0 Å². The van der Waals surface area contributed by atoms with Crippen molar-refractivity contribution in [2.24, 2.45) is 0 Å². The molecule has 2 aromatic rings. The van der Waals surface area contributed by atoms with E-state index in [4.69, 9.17) is 11.6 Å². The lowest BCUT2D eigenvalue weighted by atomic mass is 10.1.